The fourth-order valence-electron chi connectivity index (χ4n) is 2.01. The maximum Gasteiger partial charge on any atom is 0.131 e. The van der Waals surface area contributed by atoms with E-state index < -0.39 is 0 Å². The molecule has 1 aromatic rings. The van der Waals surface area contributed by atoms with Gasteiger partial charge in [0.2, 0.25) is 0 Å². The summed E-state index contributed by atoms with van der Waals surface area (Å²) in [5.41, 5.74) is 6.20. The molecule has 1 aliphatic rings. The van der Waals surface area contributed by atoms with Gasteiger partial charge in [0.05, 0.1) is 13.2 Å². The highest BCUT2D eigenvalue weighted by Crippen LogP contribution is 2.27. The van der Waals surface area contributed by atoms with Crippen LogP contribution in [-0.4, -0.2) is 19.8 Å². The van der Waals surface area contributed by atoms with Crippen LogP contribution in [0.25, 0.3) is 0 Å². The van der Waals surface area contributed by atoms with Gasteiger partial charge in [0.15, 0.2) is 0 Å². The van der Waals surface area contributed by atoms with Gasteiger partial charge < -0.3 is 15.2 Å². The Kier molecular flexibility index (Phi) is 3.97. The quantitative estimate of drug-likeness (QED) is 0.876. The first-order valence-electron chi connectivity index (χ1n) is 5.93. The Hall–Kier alpha value is -1.13. The Morgan fingerprint density at radius 3 is 3.06 bits per heavy atom. The van der Waals surface area contributed by atoms with E-state index in [0.29, 0.717) is 23.8 Å². The summed E-state index contributed by atoms with van der Waals surface area (Å²) in [6, 6.07) is 4.44. The molecule has 0 aliphatic carbocycles. The maximum absolute atomic E-state index is 13.6. The maximum atomic E-state index is 13.6. The summed E-state index contributed by atoms with van der Waals surface area (Å²) in [6.07, 6.45) is 1.00. The first kappa shape index (κ1) is 12.3. The molecule has 17 heavy (non-hydrogen) atoms. The highest BCUT2D eigenvalue weighted by Gasteiger charge is 2.18. The van der Waals surface area contributed by atoms with Crippen LogP contribution in [0.15, 0.2) is 18.2 Å². The lowest BCUT2D eigenvalue weighted by atomic mass is 10.1. The van der Waals surface area contributed by atoms with Crippen LogP contribution in [0.3, 0.4) is 0 Å². The molecule has 0 saturated carbocycles. The molecule has 3 nitrogen and oxygen atoms in total. The van der Waals surface area contributed by atoms with Gasteiger partial charge in [0.1, 0.15) is 11.6 Å². The minimum Gasteiger partial charge on any atom is -0.493 e. The van der Waals surface area contributed by atoms with Crippen LogP contribution in [0.5, 0.6) is 5.75 Å². The van der Waals surface area contributed by atoms with Gasteiger partial charge in [-0.2, -0.15) is 0 Å². The van der Waals surface area contributed by atoms with Gasteiger partial charge >= 0.3 is 0 Å². The lowest BCUT2D eigenvalue weighted by Crippen LogP contribution is -2.15. The molecule has 0 amide bonds. The lowest BCUT2D eigenvalue weighted by molar-refractivity contribution is 0.166. The third kappa shape index (κ3) is 2.96. The summed E-state index contributed by atoms with van der Waals surface area (Å²) in [7, 11) is 0. The van der Waals surface area contributed by atoms with E-state index in [4.69, 9.17) is 15.2 Å². The van der Waals surface area contributed by atoms with Crippen molar-refractivity contribution in [3.05, 3.63) is 29.6 Å². The van der Waals surface area contributed by atoms with E-state index in [0.717, 1.165) is 19.6 Å². The molecule has 1 aliphatic heterocycles. The summed E-state index contributed by atoms with van der Waals surface area (Å²) < 4.78 is 24.5. The smallest absolute Gasteiger partial charge is 0.131 e. The van der Waals surface area contributed by atoms with Crippen LogP contribution >= 0.6 is 0 Å². The molecule has 0 spiro atoms. The Bertz CT molecular complexity index is 376. The summed E-state index contributed by atoms with van der Waals surface area (Å²) in [6.45, 7) is 3.83. The summed E-state index contributed by atoms with van der Waals surface area (Å²) in [4.78, 5) is 0. The van der Waals surface area contributed by atoms with E-state index in [1.807, 2.05) is 0 Å². The second kappa shape index (κ2) is 5.47. The number of halogens is 1. The number of rotatable bonds is 4. The van der Waals surface area contributed by atoms with E-state index >= 15 is 0 Å². The number of ether oxygens (including phenoxy) is 2. The molecule has 2 N–H and O–H groups in total. The molecule has 2 rings (SSSR count). The first-order valence-corrected chi connectivity index (χ1v) is 5.93. The molecular formula is C13H18FNO2. The Balaban J connectivity index is 2.06. The summed E-state index contributed by atoms with van der Waals surface area (Å²) in [5, 5.41) is 0. The molecule has 0 bridgehead atoms. The molecule has 1 fully saturated rings. The van der Waals surface area contributed by atoms with Crippen molar-refractivity contribution in [2.75, 3.05) is 19.8 Å². The number of hydrogen-bond acceptors (Lipinski definition) is 3. The SMILES string of the molecule is CC(N)c1c(F)cccc1OCC1CCOC1. The molecule has 1 aromatic carbocycles. The van der Waals surface area contributed by atoms with Crippen LogP contribution in [-0.2, 0) is 4.74 Å². The zero-order valence-corrected chi connectivity index (χ0v) is 9.99. The van der Waals surface area contributed by atoms with Crippen LogP contribution in [0.2, 0.25) is 0 Å². The zero-order chi connectivity index (χ0) is 12.3. The largest absolute Gasteiger partial charge is 0.493 e. The molecule has 4 heteroatoms. The standard InChI is InChI=1S/C13H18FNO2/c1-9(15)13-11(14)3-2-4-12(13)17-8-10-5-6-16-7-10/h2-4,9-10H,5-8,15H2,1H3. The molecule has 0 aromatic heterocycles. The van der Waals surface area contributed by atoms with Gasteiger partial charge in [-0.05, 0) is 25.5 Å². The second-order valence-corrected chi connectivity index (χ2v) is 4.48. The Labute approximate surface area is 101 Å². The number of hydrogen-bond donors (Lipinski definition) is 1. The van der Waals surface area contributed by atoms with Gasteiger partial charge in [-0.3, -0.25) is 0 Å². The third-order valence-corrected chi connectivity index (χ3v) is 2.97. The van der Waals surface area contributed by atoms with Crippen molar-refractivity contribution in [1.29, 1.82) is 0 Å². The highest BCUT2D eigenvalue weighted by atomic mass is 19.1. The average molecular weight is 239 g/mol. The van der Waals surface area contributed by atoms with Gasteiger partial charge in [0, 0.05) is 24.1 Å². The van der Waals surface area contributed by atoms with Gasteiger partial charge in [0.25, 0.3) is 0 Å². The number of benzene rings is 1. The molecule has 2 unspecified atom stereocenters. The normalized spacial score (nSPS) is 21.5. The average Bonchev–Trinajstić information content (AvgIpc) is 2.78. The minimum absolute atomic E-state index is 0.305. The zero-order valence-electron chi connectivity index (χ0n) is 9.99. The monoisotopic (exact) mass is 239 g/mol. The van der Waals surface area contributed by atoms with Crippen molar-refractivity contribution in [3.8, 4) is 5.75 Å². The molecule has 1 saturated heterocycles. The predicted octanol–water partition coefficient (Wildman–Crippen LogP) is 2.26. The molecule has 2 atom stereocenters. The molecule has 0 radical (unpaired) electrons. The van der Waals surface area contributed by atoms with Gasteiger partial charge in [-0.15, -0.1) is 0 Å². The summed E-state index contributed by atoms with van der Waals surface area (Å²) >= 11 is 0. The first-order chi connectivity index (χ1) is 8.18. The van der Waals surface area contributed by atoms with Gasteiger partial charge in [-0.25, -0.2) is 4.39 Å². The van der Waals surface area contributed by atoms with E-state index in [1.165, 1.54) is 6.07 Å². The summed E-state index contributed by atoms with van der Waals surface area (Å²) in [5.74, 6) is 0.645. The van der Waals surface area contributed by atoms with Crippen molar-refractivity contribution in [2.24, 2.45) is 11.7 Å². The third-order valence-electron chi connectivity index (χ3n) is 2.97. The van der Waals surface area contributed by atoms with Crippen LogP contribution in [0.4, 0.5) is 4.39 Å². The molecule has 94 valence electrons. The van der Waals surface area contributed by atoms with Crippen molar-refractivity contribution >= 4 is 0 Å². The van der Waals surface area contributed by atoms with Gasteiger partial charge in [-0.1, -0.05) is 6.07 Å². The van der Waals surface area contributed by atoms with E-state index in [-0.39, 0.29) is 11.9 Å². The second-order valence-electron chi connectivity index (χ2n) is 4.48. The van der Waals surface area contributed by atoms with E-state index in [1.54, 1.807) is 19.1 Å². The van der Waals surface area contributed by atoms with Crippen LogP contribution in [0, 0.1) is 11.7 Å². The van der Waals surface area contributed by atoms with Crippen molar-refractivity contribution < 1.29 is 13.9 Å². The Morgan fingerprint density at radius 2 is 2.41 bits per heavy atom. The number of nitrogens with two attached hydrogens (primary N) is 1. The minimum atomic E-state index is -0.369. The fourth-order valence-corrected chi connectivity index (χ4v) is 2.01. The topological polar surface area (TPSA) is 44.5 Å². The van der Waals surface area contributed by atoms with E-state index in [9.17, 15) is 4.39 Å². The molecular weight excluding hydrogens is 221 g/mol. The van der Waals surface area contributed by atoms with Crippen LogP contribution < -0.4 is 10.5 Å². The predicted molar refractivity (Wildman–Crippen MR) is 63.4 cm³/mol. The molecule has 1 heterocycles. The van der Waals surface area contributed by atoms with Crippen LogP contribution in [0.1, 0.15) is 24.9 Å². The lowest BCUT2D eigenvalue weighted by Gasteiger charge is -2.16. The Morgan fingerprint density at radius 1 is 1.59 bits per heavy atom. The van der Waals surface area contributed by atoms with Crippen molar-refractivity contribution in [2.45, 2.75) is 19.4 Å². The fraction of sp³-hybridized carbons (Fsp3) is 0.538. The van der Waals surface area contributed by atoms with Crippen molar-refractivity contribution in [3.63, 3.8) is 0 Å². The van der Waals surface area contributed by atoms with E-state index in [2.05, 4.69) is 0 Å². The highest BCUT2D eigenvalue weighted by molar-refractivity contribution is 5.36. The van der Waals surface area contributed by atoms with Crippen molar-refractivity contribution in [1.82, 2.24) is 0 Å².